The largest absolute Gasteiger partial charge is 0.481 e. The van der Waals surface area contributed by atoms with Crippen LogP contribution in [0.2, 0.25) is 0 Å². The highest BCUT2D eigenvalue weighted by atomic mass is 16.4. The van der Waals surface area contributed by atoms with Crippen molar-refractivity contribution in [1.29, 1.82) is 0 Å². The number of hydrogen-bond donors (Lipinski definition) is 2. The molecule has 0 aliphatic heterocycles. The molecule has 0 saturated heterocycles. The Morgan fingerprint density at radius 1 is 1.25 bits per heavy atom. The molecule has 104 valence electrons. The molecule has 0 fully saturated rings. The standard InChI is InChI=1S/C12H13N5O3/c18-11(13-9-4-2-1-3-5-9)8-17-10(14-15-16-17)6-7-12(19)20/h1-5H,6-8H2,(H,13,18)(H,19,20). The predicted octanol–water partition coefficient (Wildman–Crippen LogP) is 0.329. The van der Waals surface area contributed by atoms with Crippen LogP contribution in [0.15, 0.2) is 30.3 Å². The molecule has 1 heterocycles. The lowest BCUT2D eigenvalue weighted by Crippen LogP contribution is -2.21. The van der Waals surface area contributed by atoms with Crippen LogP contribution in [0, 0.1) is 0 Å². The molecule has 2 N–H and O–H groups in total. The van der Waals surface area contributed by atoms with Crippen LogP contribution in [-0.2, 0) is 22.6 Å². The summed E-state index contributed by atoms with van der Waals surface area (Å²) in [6, 6.07) is 9.00. The number of anilines is 1. The van der Waals surface area contributed by atoms with Gasteiger partial charge in [0.25, 0.3) is 0 Å². The van der Waals surface area contributed by atoms with E-state index in [0.29, 0.717) is 11.5 Å². The molecule has 0 unspecified atom stereocenters. The zero-order valence-corrected chi connectivity index (χ0v) is 10.6. The summed E-state index contributed by atoms with van der Waals surface area (Å²) in [5.41, 5.74) is 0.678. The number of nitrogens with one attached hydrogen (secondary N) is 1. The minimum atomic E-state index is -0.937. The predicted molar refractivity (Wildman–Crippen MR) is 68.8 cm³/mol. The van der Waals surface area contributed by atoms with Crippen molar-refractivity contribution in [1.82, 2.24) is 20.2 Å². The summed E-state index contributed by atoms with van der Waals surface area (Å²) in [5.74, 6) is -0.844. The summed E-state index contributed by atoms with van der Waals surface area (Å²) >= 11 is 0. The highest BCUT2D eigenvalue weighted by molar-refractivity contribution is 5.90. The van der Waals surface area contributed by atoms with Crippen molar-refractivity contribution in [3.05, 3.63) is 36.2 Å². The fourth-order valence-electron chi connectivity index (χ4n) is 1.60. The number of carboxylic acid groups (broad SMARTS) is 1. The van der Waals surface area contributed by atoms with Crippen LogP contribution in [0.3, 0.4) is 0 Å². The Hall–Kier alpha value is -2.77. The number of rotatable bonds is 6. The molecular weight excluding hydrogens is 262 g/mol. The Balaban J connectivity index is 1.94. The van der Waals surface area contributed by atoms with Crippen molar-refractivity contribution < 1.29 is 14.7 Å². The van der Waals surface area contributed by atoms with Crippen LogP contribution >= 0.6 is 0 Å². The Morgan fingerprint density at radius 3 is 2.70 bits per heavy atom. The van der Waals surface area contributed by atoms with Gasteiger partial charge in [0, 0.05) is 12.1 Å². The molecule has 0 saturated carbocycles. The molecule has 1 aromatic carbocycles. The minimum absolute atomic E-state index is 0.0587. The van der Waals surface area contributed by atoms with Gasteiger partial charge in [-0.15, -0.1) is 5.10 Å². The Morgan fingerprint density at radius 2 is 2.00 bits per heavy atom. The molecule has 2 rings (SSSR count). The quantitative estimate of drug-likeness (QED) is 0.786. The first kappa shape index (κ1) is 13.7. The number of carbonyl (C=O) groups is 2. The third kappa shape index (κ3) is 3.87. The van der Waals surface area contributed by atoms with Gasteiger partial charge in [-0.2, -0.15) is 0 Å². The summed E-state index contributed by atoms with van der Waals surface area (Å²) in [6.07, 6.45) is 0.0988. The second kappa shape index (κ2) is 6.41. The van der Waals surface area contributed by atoms with Crippen molar-refractivity contribution in [2.24, 2.45) is 0 Å². The number of nitrogens with zero attached hydrogens (tertiary/aromatic N) is 4. The Labute approximate surface area is 114 Å². The first-order valence-electron chi connectivity index (χ1n) is 5.97. The van der Waals surface area contributed by atoms with Gasteiger partial charge in [-0.1, -0.05) is 18.2 Å². The van der Waals surface area contributed by atoms with E-state index in [4.69, 9.17) is 5.11 Å². The molecule has 8 heteroatoms. The summed E-state index contributed by atoms with van der Waals surface area (Å²) in [7, 11) is 0. The molecule has 8 nitrogen and oxygen atoms in total. The van der Waals surface area contributed by atoms with Crippen LogP contribution in [0.4, 0.5) is 5.69 Å². The van der Waals surface area contributed by atoms with Gasteiger partial charge in [-0.3, -0.25) is 9.59 Å². The van der Waals surface area contributed by atoms with Gasteiger partial charge in [0.05, 0.1) is 6.42 Å². The van der Waals surface area contributed by atoms with Gasteiger partial charge in [-0.25, -0.2) is 4.68 Å². The first-order chi connectivity index (χ1) is 9.65. The van der Waals surface area contributed by atoms with E-state index in [9.17, 15) is 9.59 Å². The topological polar surface area (TPSA) is 110 Å². The van der Waals surface area contributed by atoms with Crippen LogP contribution in [-0.4, -0.2) is 37.2 Å². The smallest absolute Gasteiger partial charge is 0.303 e. The van der Waals surface area contributed by atoms with Crippen LogP contribution in [0.5, 0.6) is 0 Å². The third-order valence-electron chi connectivity index (χ3n) is 2.52. The number of benzene rings is 1. The van der Waals surface area contributed by atoms with Crippen molar-refractivity contribution in [3.63, 3.8) is 0 Å². The van der Waals surface area contributed by atoms with Crippen LogP contribution in [0.1, 0.15) is 12.2 Å². The minimum Gasteiger partial charge on any atom is -0.481 e. The molecule has 0 spiro atoms. The molecule has 1 aromatic heterocycles. The van der Waals surface area contributed by atoms with E-state index in [1.165, 1.54) is 4.68 Å². The number of carbonyl (C=O) groups excluding carboxylic acids is 1. The maximum Gasteiger partial charge on any atom is 0.303 e. The monoisotopic (exact) mass is 275 g/mol. The van der Waals surface area contributed by atoms with Crippen molar-refractivity contribution in [3.8, 4) is 0 Å². The van der Waals surface area contributed by atoms with E-state index < -0.39 is 5.97 Å². The molecule has 0 aliphatic rings. The number of carboxylic acids is 1. The summed E-state index contributed by atoms with van der Waals surface area (Å²) in [4.78, 5) is 22.3. The van der Waals surface area contributed by atoms with Crippen LogP contribution < -0.4 is 5.32 Å². The van der Waals surface area contributed by atoms with Gasteiger partial charge in [-0.05, 0) is 22.6 Å². The number of hydrogen-bond acceptors (Lipinski definition) is 5. The lowest BCUT2D eigenvalue weighted by Gasteiger charge is -2.05. The molecule has 0 bridgehead atoms. The Kier molecular flexibility index (Phi) is 4.38. The van der Waals surface area contributed by atoms with Crippen LogP contribution in [0.25, 0.3) is 0 Å². The van der Waals surface area contributed by atoms with Gasteiger partial charge < -0.3 is 10.4 Å². The lowest BCUT2D eigenvalue weighted by molar-refractivity contribution is -0.137. The first-order valence-corrected chi connectivity index (χ1v) is 5.97. The van der Waals surface area contributed by atoms with Gasteiger partial charge in [0.2, 0.25) is 5.91 Å². The molecule has 2 aromatic rings. The average Bonchev–Trinajstić information content (AvgIpc) is 2.84. The van der Waals surface area contributed by atoms with E-state index in [1.54, 1.807) is 12.1 Å². The number of aliphatic carboxylic acids is 1. The average molecular weight is 275 g/mol. The van der Waals surface area contributed by atoms with E-state index in [2.05, 4.69) is 20.8 Å². The fraction of sp³-hybridized carbons (Fsp3) is 0.250. The molecule has 0 atom stereocenters. The second-order valence-corrected chi connectivity index (χ2v) is 4.06. The van der Waals surface area contributed by atoms with Gasteiger partial charge in [0.1, 0.15) is 6.54 Å². The summed E-state index contributed by atoms with van der Waals surface area (Å²) < 4.78 is 1.29. The molecule has 20 heavy (non-hydrogen) atoms. The summed E-state index contributed by atoms with van der Waals surface area (Å²) in [6.45, 7) is -0.0587. The number of tetrazole rings is 1. The number of amides is 1. The maximum atomic E-state index is 11.8. The normalized spacial score (nSPS) is 10.2. The van der Waals surface area contributed by atoms with E-state index >= 15 is 0 Å². The van der Waals surface area contributed by atoms with Crippen molar-refractivity contribution in [2.45, 2.75) is 19.4 Å². The summed E-state index contributed by atoms with van der Waals surface area (Å²) in [5, 5.41) is 22.2. The zero-order chi connectivity index (χ0) is 14.4. The molecular formula is C12H13N5O3. The van der Waals surface area contributed by atoms with E-state index in [0.717, 1.165) is 0 Å². The van der Waals surface area contributed by atoms with Crippen molar-refractivity contribution >= 4 is 17.6 Å². The Bertz CT molecular complexity index is 596. The fourth-order valence-corrected chi connectivity index (χ4v) is 1.60. The second-order valence-electron chi connectivity index (χ2n) is 4.06. The van der Waals surface area contributed by atoms with Gasteiger partial charge >= 0.3 is 5.97 Å². The van der Waals surface area contributed by atoms with Crippen molar-refractivity contribution in [2.75, 3.05) is 5.32 Å². The maximum absolute atomic E-state index is 11.8. The number of aryl methyl sites for hydroxylation is 1. The van der Waals surface area contributed by atoms with E-state index in [-0.39, 0.29) is 25.3 Å². The number of aromatic nitrogens is 4. The third-order valence-corrected chi connectivity index (χ3v) is 2.52. The molecule has 0 radical (unpaired) electrons. The zero-order valence-electron chi connectivity index (χ0n) is 10.6. The molecule has 0 aliphatic carbocycles. The van der Waals surface area contributed by atoms with Gasteiger partial charge in [0.15, 0.2) is 5.82 Å². The van der Waals surface area contributed by atoms with E-state index in [1.807, 2.05) is 18.2 Å². The molecule has 1 amide bonds. The number of para-hydroxylation sites is 1. The highest BCUT2D eigenvalue weighted by Crippen LogP contribution is 2.05. The highest BCUT2D eigenvalue weighted by Gasteiger charge is 2.11. The lowest BCUT2D eigenvalue weighted by atomic mass is 10.3. The SMILES string of the molecule is O=C(O)CCc1nnnn1CC(=O)Nc1ccccc1.